The summed E-state index contributed by atoms with van der Waals surface area (Å²) in [5, 5.41) is 14.1. The molecule has 3 N–H and O–H groups in total. The number of carboxylic acids is 1. The molecule has 0 bridgehead atoms. The fourth-order valence-corrected chi connectivity index (χ4v) is 1.51. The van der Waals surface area contributed by atoms with E-state index < -0.39 is 5.97 Å². The minimum absolute atomic E-state index is 0. The van der Waals surface area contributed by atoms with Crippen LogP contribution in [0.4, 0.5) is 0 Å². The Kier molecular flexibility index (Phi) is 7.07. The van der Waals surface area contributed by atoms with Gasteiger partial charge in [0.05, 0.1) is 12.3 Å². The first-order valence-corrected chi connectivity index (χ1v) is 4.90. The summed E-state index contributed by atoms with van der Waals surface area (Å²) in [4.78, 5) is 21.6. The van der Waals surface area contributed by atoms with Crippen LogP contribution >= 0.6 is 12.4 Å². The topological polar surface area (TPSA) is 78.4 Å². The van der Waals surface area contributed by atoms with Gasteiger partial charge in [0.15, 0.2) is 0 Å². The lowest BCUT2D eigenvalue weighted by Gasteiger charge is -2.21. The van der Waals surface area contributed by atoms with Crippen molar-refractivity contribution in [3.63, 3.8) is 0 Å². The largest absolute Gasteiger partial charge is 0.481 e. The van der Waals surface area contributed by atoms with Crippen LogP contribution in [0.1, 0.15) is 19.3 Å². The molecule has 1 saturated heterocycles. The number of halogens is 1. The minimum Gasteiger partial charge on any atom is -0.481 e. The second-order valence-electron chi connectivity index (χ2n) is 3.48. The first kappa shape index (κ1) is 14.2. The number of amides is 1. The number of carbonyl (C=O) groups excluding carboxylic acids is 1. The maximum absolute atomic E-state index is 11.4. The highest BCUT2D eigenvalue weighted by molar-refractivity contribution is 5.85. The van der Waals surface area contributed by atoms with E-state index in [-0.39, 0.29) is 37.2 Å². The third-order valence-electron chi connectivity index (χ3n) is 2.31. The van der Waals surface area contributed by atoms with Gasteiger partial charge in [0.1, 0.15) is 0 Å². The predicted molar refractivity (Wildman–Crippen MR) is 58.1 cm³/mol. The SMILES string of the molecule is Cl.O=C(O)CCNC(=O)C1CCCNC1. The Morgan fingerprint density at radius 2 is 2.20 bits per heavy atom. The fourth-order valence-electron chi connectivity index (χ4n) is 1.51. The molecule has 0 aromatic rings. The quantitative estimate of drug-likeness (QED) is 0.642. The molecule has 5 nitrogen and oxygen atoms in total. The van der Waals surface area contributed by atoms with Crippen molar-refractivity contribution < 1.29 is 14.7 Å². The van der Waals surface area contributed by atoms with Crippen molar-refractivity contribution in [1.29, 1.82) is 0 Å². The standard InChI is InChI=1S/C9H16N2O3.ClH/c12-8(13)3-5-11-9(14)7-2-1-4-10-6-7;/h7,10H,1-6H2,(H,11,14)(H,12,13);1H. The molecule has 1 rings (SSSR count). The van der Waals surface area contributed by atoms with Crippen molar-refractivity contribution >= 4 is 24.3 Å². The molecule has 0 radical (unpaired) electrons. The zero-order chi connectivity index (χ0) is 10.4. The molecule has 1 amide bonds. The van der Waals surface area contributed by atoms with Gasteiger partial charge in [0, 0.05) is 13.1 Å². The summed E-state index contributed by atoms with van der Waals surface area (Å²) >= 11 is 0. The van der Waals surface area contributed by atoms with E-state index >= 15 is 0 Å². The van der Waals surface area contributed by atoms with E-state index in [9.17, 15) is 9.59 Å². The number of hydrogen-bond donors (Lipinski definition) is 3. The molecule has 0 aliphatic carbocycles. The van der Waals surface area contributed by atoms with Crippen LogP contribution in [0.3, 0.4) is 0 Å². The van der Waals surface area contributed by atoms with Gasteiger partial charge in [0.25, 0.3) is 0 Å². The van der Waals surface area contributed by atoms with Crippen molar-refractivity contribution in [3.05, 3.63) is 0 Å². The lowest BCUT2D eigenvalue weighted by atomic mass is 9.99. The molecule has 1 atom stereocenters. The molecule has 1 unspecified atom stereocenters. The van der Waals surface area contributed by atoms with Crippen LogP contribution < -0.4 is 10.6 Å². The van der Waals surface area contributed by atoms with Gasteiger partial charge in [-0.3, -0.25) is 9.59 Å². The third-order valence-corrected chi connectivity index (χ3v) is 2.31. The van der Waals surface area contributed by atoms with Gasteiger partial charge in [-0.2, -0.15) is 0 Å². The Hall–Kier alpha value is -0.810. The van der Waals surface area contributed by atoms with E-state index in [0.29, 0.717) is 6.54 Å². The van der Waals surface area contributed by atoms with Crippen molar-refractivity contribution in [2.24, 2.45) is 5.92 Å². The minimum atomic E-state index is -0.882. The lowest BCUT2D eigenvalue weighted by Crippen LogP contribution is -2.41. The van der Waals surface area contributed by atoms with Crippen LogP contribution in [-0.2, 0) is 9.59 Å². The Bertz CT molecular complexity index is 217. The third kappa shape index (κ3) is 5.59. The van der Waals surface area contributed by atoms with Gasteiger partial charge in [0.2, 0.25) is 5.91 Å². The van der Waals surface area contributed by atoms with Gasteiger partial charge >= 0.3 is 5.97 Å². The number of carboxylic acid groups (broad SMARTS) is 1. The average molecular weight is 237 g/mol. The molecule has 0 aromatic heterocycles. The molecular formula is C9H17ClN2O3. The van der Waals surface area contributed by atoms with E-state index in [4.69, 9.17) is 5.11 Å². The molecular weight excluding hydrogens is 220 g/mol. The number of hydrogen-bond acceptors (Lipinski definition) is 3. The van der Waals surface area contributed by atoms with Crippen molar-refractivity contribution in [2.45, 2.75) is 19.3 Å². The average Bonchev–Trinajstić information content (AvgIpc) is 2.18. The second-order valence-corrected chi connectivity index (χ2v) is 3.48. The number of nitrogens with one attached hydrogen (secondary N) is 2. The molecule has 1 heterocycles. The van der Waals surface area contributed by atoms with E-state index in [1.54, 1.807) is 0 Å². The van der Waals surface area contributed by atoms with E-state index in [1.807, 2.05) is 0 Å². The Balaban J connectivity index is 0.00000196. The van der Waals surface area contributed by atoms with Crippen LogP contribution in [0.5, 0.6) is 0 Å². The van der Waals surface area contributed by atoms with E-state index in [0.717, 1.165) is 19.4 Å². The van der Waals surface area contributed by atoms with Gasteiger partial charge in [-0.05, 0) is 19.4 Å². The highest BCUT2D eigenvalue weighted by Gasteiger charge is 2.20. The monoisotopic (exact) mass is 236 g/mol. The Labute approximate surface area is 95.0 Å². The molecule has 6 heteroatoms. The molecule has 1 aliphatic rings. The molecule has 1 fully saturated rings. The smallest absolute Gasteiger partial charge is 0.305 e. The van der Waals surface area contributed by atoms with Gasteiger partial charge < -0.3 is 15.7 Å². The van der Waals surface area contributed by atoms with Crippen molar-refractivity contribution in [2.75, 3.05) is 19.6 Å². The van der Waals surface area contributed by atoms with Gasteiger partial charge in [-0.25, -0.2) is 0 Å². The van der Waals surface area contributed by atoms with Crippen LogP contribution in [0.2, 0.25) is 0 Å². The van der Waals surface area contributed by atoms with Crippen molar-refractivity contribution in [3.8, 4) is 0 Å². The summed E-state index contributed by atoms with van der Waals surface area (Å²) in [5.41, 5.74) is 0. The summed E-state index contributed by atoms with van der Waals surface area (Å²) in [7, 11) is 0. The first-order chi connectivity index (χ1) is 6.70. The molecule has 15 heavy (non-hydrogen) atoms. The summed E-state index contributed by atoms with van der Waals surface area (Å²) in [6, 6.07) is 0. The van der Waals surface area contributed by atoms with Crippen LogP contribution in [-0.4, -0.2) is 36.6 Å². The lowest BCUT2D eigenvalue weighted by molar-refractivity contribution is -0.137. The van der Waals surface area contributed by atoms with E-state index in [1.165, 1.54) is 0 Å². The van der Waals surface area contributed by atoms with Crippen molar-refractivity contribution in [1.82, 2.24) is 10.6 Å². The number of piperidine rings is 1. The number of rotatable bonds is 4. The van der Waals surface area contributed by atoms with Crippen LogP contribution in [0.15, 0.2) is 0 Å². The highest BCUT2D eigenvalue weighted by Crippen LogP contribution is 2.09. The number of carbonyl (C=O) groups is 2. The maximum atomic E-state index is 11.4. The first-order valence-electron chi connectivity index (χ1n) is 4.90. The molecule has 0 saturated carbocycles. The summed E-state index contributed by atoms with van der Waals surface area (Å²) in [5.74, 6) is -0.900. The summed E-state index contributed by atoms with van der Waals surface area (Å²) in [6.07, 6.45) is 1.90. The molecule has 0 aromatic carbocycles. The maximum Gasteiger partial charge on any atom is 0.305 e. The highest BCUT2D eigenvalue weighted by atomic mass is 35.5. The molecule has 0 spiro atoms. The predicted octanol–water partition coefficient (Wildman–Crippen LogP) is -0.00130. The van der Waals surface area contributed by atoms with E-state index in [2.05, 4.69) is 10.6 Å². The molecule has 1 aliphatic heterocycles. The van der Waals surface area contributed by atoms with Gasteiger partial charge in [-0.15, -0.1) is 12.4 Å². The van der Waals surface area contributed by atoms with Crippen LogP contribution in [0.25, 0.3) is 0 Å². The zero-order valence-electron chi connectivity index (χ0n) is 8.49. The summed E-state index contributed by atoms with van der Waals surface area (Å²) in [6.45, 7) is 1.91. The Morgan fingerprint density at radius 1 is 1.47 bits per heavy atom. The second kappa shape index (κ2) is 7.48. The zero-order valence-corrected chi connectivity index (χ0v) is 9.31. The fraction of sp³-hybridized carbons (Fsp3) is 0.778. The Morgan fingerprint density at radius 3 is 2.73 bits per heavy atom. The summed E-state index contributed by atoms with van der Waals surface area (Å²) < 4.78 is 0. The van der Waals surface area contributed by atoms with Crippen LogP contribution in [0, 0.1) is 5.92 Å². The normalized spacial score (nSPS) is 20.1. The number of aliphatic carboxylic acids is 1. The molecule has 88 valence electrons. The van der Waals surface area contributed by atoms with Gasteiger partial charge in [-0.1, -0.05) is 0 Å².